The maximum atomic E-state index is 12.5. The number of nitrogens with zero attached hydrogens (tertiary/aromatic N) is 3. The van der Waals surface area contributed by atoms with Gasteiger partial charge in [0, 0.05) is 30.4 Å². The average molecular weight is 371 g/mol. The summed E-state index contributed by atoms with van der Waals surface area (Å²) in [5.41, 5.74) is 1.23. The molecule has 1 aromatic heterocycles. The van der Waals surface area contributed by atoms with Crippen molar-refractivity contribution in [1.29, 1.82) is 0 Å². The van der Waals surface area contributed by atoms with Gasteiger partial charge >= 0.3 is 0 Å². The minimum absolute atomic E-state index is 0.0299. The average Bonchev–Trinajstić information content (AvgIpc) is 2.65. The molecule has 1 aliphatic rings. The van der Waals surface area contributed by atoms with E-state index in [1.807, 2.05) is 0 Å². The molecule has 0 bridgehead atoms. The van der Waals surface area contributed by atoms with E-state index in [1.165, 1.54) is 15.4 Å². The minimum atomic E-state index is -0.257. The van der Waals surface area contributed by atoms with Crippen molar-refractivity contribution in [2.24, 2.45) is 0 Å². The molecule has 2 heterocycles. The second-order valence-corrected chi connectivity index (χ2v) is 7.24. The van der Waals surface area contributed by atoms with E-state index < -0.39 is 0 Å². The minimum Gasteiger partial charge on any atom is -0.480 e. The van der Waals surface area contributed by atoms with Gasteiger partial charge in [-0.2, -0.15) is 0 Å². The highest BCUT2D eigenvalue weighted by Crippen LogP contribution is 2.28. The second-order valence-electron chi connectivity index (χ2n) is 6.07. The van der Waals surface area contributed by atoms with E-state index in [0.717, 1.165) is 5.75 Å². The summed E-state index contributed by atoms with van der Waals surface area (Å²) in [5.74, 6) is 1.34. The number of rotatable bonds is 6. The first-order chi connectivity index (χ1) is 12.5. The highest BCUT2D eigenvalue weighted by atomic mass is 32.2. The van der Waals surface area contributed by atoms with Gasteiger partial charge in [-0.25, -0.2) is 4.98 Å². The van der Waals surface area contributed by atoms with Gasteiger partial charge < -0.3 is 9.64 Å². The third kappa shape index (κ3) is 4.35. The molecular weight excluding hydrogens is 350 g/mol. The Labute approximate surface area is 157 Å². The van der Waals surface area contributed by atoms with Crippen molar-refractivity contribution in [3.05, 3.63) is 48.2 Å². The fourth-order valence-electron chi connectivity index (χ4n) is 2.51. The zero-order chi connectivity index (χ0) is 18.5. The van der Waals surface area contributed by atoms with Crippen molar-refractivity contribution < 1.29 is 14.3 Å². The van der Waals surface area contributed by atoms with Gasteiger partial charge in [-0.15, -0.1) is 11.8 Å². The molecule has 1 aliphatic heterocycles. The Kier molecular flexibility index (Phi) is 5.78. The number of hydrogen-bond donors (Lipinski definition) is 0. The number of pyridine rings is 1. The first-order valence-corrected chi connectivity index (χ1v) is 9.35. The molecule has 0 atom stereocenters. The van der Waals surface area contributed by atoms with Crippen LogP contribution in [0.2, 0.25) is 0 Å². The lowest BCUT2D eigenvalue weighted by atomic mass is 10.2. The normalized spacial score (nSPS) is 13.2. The highest BCUT2D eigenvalue weighted by molar-refractivity contribution is 7.99. The van der Waals surface area contributed by atoms with Crippen LogP contribution in [0.3, 0.4) is 0 Å². The van der Waals surface area contributed by atoms with Crippen LogP contribution in [0.4, 0.5) is 5.82 Å². The number of amides is 2. The number of hydrogen-bond acceptors (Lipinski definition) is 5. The number of aromatic nitrogens is 1. The lowest BCUT2D eigenvalue weighted by Crippen LogP contribution is -2.46. The number of carbonyl (C=O) groups is 2. The third-order valence-corrected chi connectivity index (χ3v) is 5.09. The van der Waals surface area contributed by atoms with Crippen LogP contribution in [0.15, 0.2) is 47.5 Å². The van der Waals surface area contributed by atoms with Crippen LogP contribution in [0, 0.1) is 6.92 Å². The smallest absolute Gasteiger partial charge is 0.266 e. The summed E-state index contributed by atoms with van der Waals surface area (Å²) < 4.78 is 5.35. The van der Waals surface area contributed by atoms with Crippen molar-refractivity contribution in [2.45, 2.75) is 11.8 Å². The fraction of sp³-hybridized carbons (Fsp3) is 0.316. The molecule has 136 valence electrons. The topological polar surface area (TPSA) is 62.7 Å². The molecule has 0 saturated carbocycles. The van der Waals surface area contributed by atoms with Gasteiger partial charge in [-0.3, -0.25) is 14.5 Å². The van der Waals surface area contributed by atoms with Gasteiger partial charge in [0.1, 0.15) is 6.54 Å². The first-order valence-electron chi connectivity index (χ1n) is 8.36. The molecule has 6 nitrogen and oxygen atoms in total. The number of fused-ring (bicyclic) bond motifs is 1. The summed E-state index contributed by atoms with van der Waals surface area (Å²) in [6.45, 7) is 2.56. The highest BCUT2D eigenvalue weighted by Gasteiger charge is 2.29. The Balaban J connectivity index is 1.54. The molecule has 2 amide bonds. The summed E-state index contributed by atoms with van der Waals surface area (Å²) in [5, 5.41) is 0. The monoisotopic (exact) mass is 371 g/mol. The predicted octanol–water partition coefficient (Wildman–Crippen LogP) is 2.37. The molecule has 1 aromatic carbocycles. The van der Waals surface area contributed by atoms with E-state index in [-0.39, 0.29) is 25.0 Å². The van der Waals surface area contributed by atoms with Crippen molar-refractivity contribution >= 4 is 29.4 Å². The lowest BCUT2D eigenvalue weighted by Gasteiger charge is -2.29. The van der Waals surface area contributed by atoms with E-state index in [4.69, 9.17) is 4.74 Å². The third-order valence-electron chi connectivity index (χ3n) is 4.09. The van der Waals surface area contributed by atoms with Crippen molar-refractivity contribution in [3.63, 3.8) is 0 Å². The standard InChI is InChI=1S/C19H21N3O3S/c1-14-5-7-15(8-6-14)26-11-10-21(2)17(23)12-22-18(24)13-25-16-4-3-9-20-19(16)22/h3-9H,10-13H2,1-2H3. The summed E-state index contributed by atoms with van der Waals surface area (Å²) >= 11 is 1.70. The number of anilines is 1. The van der Waals surface area contributed by atoms with E-state index in [9.17, 15) is 9.59 Å². The molecule has 0 fully saturated rings. The fourth-order valence-corrected chi connectivity index (χ4v) is 3.44. The molecule has 7 heteroatoms. The molecule has 0 saturated heterocycles. The number of benzene rings is 1. The Bertz CT molecular complexity index is 795. The van der Waals surface area contributed by atoms with E-state index in [2.05, 4.69) is 36.2 Å². The van der Waals surface area contributed by atoms with Crippen LogP contribution in [-0.2, 0) is 9.59 Å². The maximum absolute atomic E-state index is 12.5. The molecule has 2 aromatic rings. The Hall–Kier alpha value is -2.54. The zero-order valence-corrected chi connectivity index (χ0v) is 15.7. The van der Waals surface area contributed by atoms with Gasteiger partial charge in [-0.05, 0) is 31.2 Å². The number of likely N-dealkylation sites (N-methyl/N-ethyl adjacent to an activating group) is 1. The van der Waals surface area contributed by atoms with Gasteiger partial charge in [0.2, 0.25) is 5.91 Å². The molecular formula is C19H21N3O3S. The van der Waals surface area contributed by atoms with Gasteiger partial charge in [0.15, 0.2) is 18.2 Å². The van der Waals surface area contributed by atoms with Crippen LogP contribution >= 0.6 is 11.8 Å². The Morgan fingerprint density at radius 2 is 2.08 bits per heavy atom. The summed E-state index contributed by atoms with van der Waals surface area (Å²) in [4.78, 5) is 33.0. The van der Waals surface area contributed by atoms with Crippen LogP contribution < -0.4 is 9.64 Å². The van der Waals surface area contributed by atoms with Crippen LogP contribution in [0.1, 0.15) is 5.56 Å². The number of carbonyl (C=O) groups excluding carboxylic acids is 2. The Morgan fingerprint density at radius 1 is 1.31 bits per heavy atom. The molecule has 3 rings (SSSR count). The summed E-state index contributed by atoms with van der Waals surface area (Å²) in [6.07, 6.45) is 1.58. The molecule has 0 spiro atoms. The summed E-state index contributed by atoms with van der Waals surface area (Å²) in [7, 11) is 1.75. The number of aryl methyl sites for hydroxylation is 1. The number of thioether (sulfide) groups is 1. The predicted molar refractivity (Wildman–Crippen MR) is 102 cm³/mol. The zero-order valence-electron chi connectivity index (χ0n) is 14.8. The molecule has 0 N–H and O–H groups in total. The van der Waals surface area contributed by atoms with Crippen molar-refractivity contribution in [2.75, 3.05) is 37.4 Å². The van der Waals surface area contributed by atoms with E-state index in [1.54, 1.807) is 42.0 Å². The molecule has 0 aliphatic carbocycles. The molecule has 0 radical (unpaired) electrons. The van der Waals surface area contributed by atoms with Gasteiger partial charge in [0.05, 0.1) is 0 Å². The Morgan fingerprint density at radius 3 is 2.85 bits per heavy atom. The lowest BCUT2D eigenvalue weighted by molar-refractivity contribution is -0.130. The van der Waals surface area contributed by atoms with Crippen LogP contribution in [-0.4, -0.2) is 54.2 Å². The SMILES string of the molecule is Cc1ccc(SCCN(C)C(=O)CN2C(=O)COc3cccnc32)cc1. The quantitative estimate of drug-likeness (QED) is 0.730. The molecule has 26 heavy (non-hydrogen) atoms. The van der Waals surface area contributed by atoms with E-state index >= 15 is 0 Å². The second kappa shape index (κ2) is 8.23. The largest absolute Gasteiger partial charge is 0.480 e. The van der Waals surface area contributed by atoms with Gasteiger partial charge in [0.25, 0.3) is 5.91 Å². The number of ether oxygens (including phenoxy) is 1. The van der Waals surface area contributed by atoms with Crippen LogP contribution in [0.25, 0.3) is 0 Å². The summed E-state index contributed by atoms with van der Waals surface area (Å²) in [6, 6.07) is 11.8. The van der Waals surface area contributed by atoms with Crippen LogP contribution in [0.5, 0.6) is 5.75 Å². The molecule has 0 unspecified atom stereocenters. The maximum Gasteiger partial charge on any atom is 0.266 e. The van der Waals surface area contributed by atoms with Gasteiger partial charge in [-0.1, -0.05) is 17.7 Å². The van der Waals surface area contributed by atoms with E-state index in [0.29, 0.717) is 18.1 Å². The van der Waals surface area contributed by atoms with Crippen molar-refractivity contribution in [3.8, 4) is 5.75 Å². The van der Waals surface area contributed by atoms with Crippen molar-refractivity contribution in [1.82, 2.24) is 9.88 Å². The first kappa shape index (κ1) is 18.3.